The molecule has 3 rings (SSSR count). The number of rotatable bonds is 1. The Morgan fingerprint density at radius 3 is 2.53 bits per heavy atom. The van der Waals surface area contributed by atoms with Crippen LogP contribution in [0.3, 0.4) is 0 Å². The predicted molar refractivity (Wildman–Crippen MR) is 65.0 cm³/mol. The zero-order chi connectivity index (χ0) is 11.8. The molecule has 0 aliphatic carbocycles. The van der Waals surface area contributed by atoms with Crippen molar-refractivity contribution in [1.82, 2.24) is 19.6 Å². The zero-order valence-electron chi connectivity index (χ0n) is 8.91. The van der Waals surface area contributed by atoms with E-state index in [0.717, 1.165) is 16.8 Å². The first kappa shape index (κ1) is 9.59. The van der Waals surface area contributed by atoms with Gasteiger partial charge in [0.2, 0.25) is 0 Å². The van der Waals surface area contributed by atoms with Crippen LogP contribution in [0.4, 0.5) is 11.6 Å². The monoisotopic (exact) mass is 226 g/mol. The lowest BCUT2D eigenvalue weighted by atomic mass is 10.1. The molecular weight excluding hydrogens is 216 g/mol. The first-order chi connectivity index (χ1) is 8.22. The largest absolute Gasteiger partial charge is 0.384 e. The van der Waals surface area contributed by atoms with Gasteiger partial charge in [0.1, 0.15) is 18.0 Å². The molecule has 0 spiro atoms. The van der Waals surface area contributed by atoms with Gasteiger partial charge in [0.15, 0.2) is 5.65 Å². The molecule has 0 aliphatic heterocycles. The lowest BCUT2D eigenvalue weighted by molar-refractivity contribution is 0.963. The predicted octanol–water partition coefficient (Wildman–Crippen LogP) is 0.956. The molecule has 3 aromatic rings. The van der Waals surface area contributed by atoms with E-state index >= 15 is 0 Å². The maximum absolute atomic E-state index is 5.66. The summed E-state index contributed by atoms with van der Waals surface area (Å²) in [6.07, 6.45) is 3.38. The Labute approximate surface area is 96.9 Å². The Morgan fingerprint density at radius 2 is 1.76 bits per heavy atom. The zero-order valence-corrected chi connectivity index (χ0v) is 8.91. The molecule has 0 unspecified atom stereocenters. The van der Waals surface area contributed by atoms with Gasteiger partial charge >= 0.3 is 0 Å². The maximum atomic E-state index is 5.66. The van der Waals surface area contributed by atoms with Crippen LogP contribution in [-0.4, -0.2) is 19.6 Å². The van der Waals surface area contributed by atoms with Gasteiger partial charge in [0.05, 0.1) is 0 Å². The summed E-state index contributed by atoms with van der Waals surface area (Å²) in [6.45, 7) is 0. The van der Waals surface area contributed by atoms with Crippen molar-refractivity contribution >= 4 is 17.3 Å². The van der Waals surface area contributed by atoms with Gasteiger partial charge in [-0.15, -0.1) is 0 Å². The topological polar surface area (TPSA) is 95.1 Å². The van der Waals surface area contributed by atoms with Gasteiger partial charge in [0, 0.05) is 11.8 Å². The molecule has 6 nitrogen and oxygen atoms in total. The number of nitrogens with zero attached hydrogens (tertiary/aromatic N) is 4. The normalized spacial score (nSPS) is 10.8. The molecule has 0 atom stereocenters. The van der Waals surface area contributed by atoms with E-state index < -0.39 is 0 Å². The van der Waals surface area contributed by atoms with Crippen LogP contribution in [0.15, 0.2) is 36.8 Å². The summed E-state index contributed by atoms with van der Waals surface area (Å²) >= 11 is 0. The van der Waals surface area contributed by atoms with Crippen LogP contribution in [0, 0.1) is 0 Å². The number of anilines is 2. The van der Waals surface area contributed by atoms with Crippen LogP contribution < -0.4 is 11.5 Å². The molecule has 84 valence electrons. The third-order valence-electron chi connectivity index (χ3n) is 2.47. The van der Waals surface area contributed by atoms with Crippen LogP contribution >= 0.6 is 0 Å². The molecule has 0 saturated carbocycles. The third-order valence-corrected chi connectivity index (χ3v) is 2.47. The maximum Gasteiger partial charge on any atom is 0.155 e. The van der Waals surface area contributed by atoms with E-state index in [4.69, 9.17) is 11.5 Å². The first-order valence-electron chi connectivity index (χ1n) is 5.05. The first-order valence-corrected chi connectivity index (χ1v) is 5.05. The molecule has 0 bridgehead atoms. The molecule has 3 heterocycles. The average molecular weight is 226 g/mol. The quantitative estimate of drug-likeness (QED) is 0.644. The fourth-order valence-electron chi connectivity index (χ4n) is 1.73. The van der Waals surface area contributed by atoms with Crippen LogP contribution in [0.1, 0.15) is 0 Å². The van der Waals surface area contributed by atoms with Gasteiger partial charge < -0.3 is 11.5 Å². The smallest absolute Gasteiger partial charge is 0.155 e. The van der Waals surface area contributed by atoms with Gasteiger partial charge in [-0.05, 0) is 29.8 Å². The van der Waals surface area contributed by atoms with Gasteiger partial charge in [-0.25, -0.2) is 14.5 Å². The summed E-state index contributed by atoms with van der Waals surface area (Å²) in [5.41, 5.74) is 14.0. The van der Waals surface area contributed by atoms with Gasteiger partial charge in [-0.1, -0.05) is 0 Å². The number of nitrogens with two attached hydrogens (primary N) is 2. The molecule has 0 aliphatic rings. The van der Waals surface area contributed by atoms with E-state index in [1.54, 1.807) is 16.6 Å². The highest BCUT2D eigenvalue weighted by atomic mass is 15.3. The Morgan fingerprint density at radius 1 is 1.00 bits per heavy atom. The lowest BCUT2D eigenvalue weighted by Gasteiger charge is -2.04. The molecule has 6 heteroatoms. The fraction of sp³-hybridized carbons (Fsp3) is 0. The van der Waals surface area contributed by atoms with Gasteiger partial charge in [-0.2, -0.15) is 5.10 Å². The number of nitrogen functional groups attached to an aromatic ring is 2. The summed E-state index contributed by atoms with van der Waals surface area (Å²) in [5.74, 6) is 0.803. The Hall–Kier alpha value is -2.63. The van der Waals surface area contributed by atoms with E-state index in [9.17, 15) is 0 Å². The van der Waals surface area contributed by atoms with Crippen LogP contribution in [-0.2, 0) is 0 Å². The van der Waals surface area contributed by atoms with E-state index in [0.29, 0.717) is 11.6 Å². The van der Waals surface area contributed by atoms with Crippen molar-refractivity contribution in [1.29, 1.82) is 0 Å². The number of pyridine rings is 2. The van der Waals surface area contributed by atoms with Crippen molar-refractivity contribution < 1.29 is 0 Å². The SMILES string of the molecule is Nc1cc(-c2ccc3ncnn3c2)cc(N)n1. The second-order valence-electron chi connectivity index (χ2n) is 3.69. The molecular formula is C11H10N6. The van der Waals surface area contributed by atoms with Crippen molar-refractivity contribution in [2.45, 2.75) is 0 Å². The van der Waals surface area contributed by atoms with Gasteiger partial charge in [0.25, 0.3) is 0 Å². The highest BCUT2D eigenvalue weighted by Crippen LogP contribution is 2.22. The molecule has 3 aromatic heterocycles. The number of hydrogen-bond acceptors (Lipinski definition) is 5. The van der Waals surface area contributed by atoms with E-state index in [-0.39, 0.29) is 0 Å². The van der Waals surface area contributed by atoms with E-state index in [2.05, 4.69) is 15.1 Å². The number of hydrogen-bond donors (Lipinski definition) is 2. The lowest BCUT2D eigenvalue weighted by Crippen LogP contribution is -1.97. The molecule has 17 heavy (non-hydrogen) atoms. The second kappa shape index (κ2) is 3.44. The molecule has 0 fully saturated rings. The molecule has 0 aromatic carbocycles. The number of aromatic nitrogens is 4. The molecule has 0 radical (unpaired) electrons. The van der Waals surface area contributed by atoms with Gasteiger partial charge in [-0.3, -0.25) is 0 Å². The average Bonchev–Trinajstić information content (AvgIpc) is 2.74. The Bertz CT molecular complexity index is 667. The second-order valence-corrected chi connectivity index (χ2v) is 3.69. The van der Waals surface area contributed by atoms with Crippen LogP contribution in [0.2, 0.25) is 0 Å². The van der Waals surface area contributed by atoms with Crippen molar-refractivity contribution in [2.75, 3.05) is 11.5 Å². The van der Waals surface area contributed by atoms with E-state index in [1.807, 2.05) is 18.3 Å². The van der Waals surface area contributed by atoms with Crippen molar-refractivity contribution in [3.63, 3.8) is 0 Å². The Balaban J connectivity index is 2.19. The van der Waals surface area contributed by atoms with Crippen molar-refractivity contribution in [2.24, 2.45) is 0 Å². The summed E-state index contributed by atoms with van der Waals surface area (Å²) in [5, 5.41) is 4.08. The fourth-order valence-corrected chi connectivity index (χ4v) is 1.73. The highest BCUT2D eigenvalue weighted by Gasteiger charge is 2.03. The van der Waals surface area contributed by atoms with Crippen LogP contribution in [0.5, 0.6) is 0 Å². The molecule has 0 saturated heterocycles. The minimum atomic E-state index is 0.402. The summed E-state index contributed by atoms with van der Waals surface area (Å²) in [7, 11) is 0. The summed E-state index contributed by atoms with van der Waals surface area (Å²) < 4.78 is 1.70. The molecule has 0 amide bonds. The number of fused-ring (bicyclic) bond motifs is 1. The summed E-state index contributed by atoms with van der Waals surface area (Å²) in [6, 6.07) is 7.37. The van der Waals surface area contributed by atoms with E-state index in [1.165, 1.54) is 6.33 Å². The summed E-state index contributed by atoms with van der Waals surface area (Å²) in [4.78, 5) is 8.01. The van der Waals surface area contributed by atoms with Crippen LogP contribution in [0.25, 0.3) is 16.8 Å². The standard InChI is InChI=1S/C11H10N6/c12-9-3-8(4-10(13)16-9)7-1-2-11-14-6-15-17(11)5-7/h1-6H,(H4,12,13,16). The minimum Gasteiger partial charge on any atom is -0.384 e. The van der Waals surface area contributed by atoms with Crippen molar-refractivity contribution in [3.05, 3.63) is 36.8 Å². The minimum absolute atomic E-state index is 0.402. The van der Waals surface area contributed by atoms with Crippen molar-refractivity contribution in [3.8, 4) is 11.1 Å². The highest BCUT2D eigenvalue weighted by molar-refractivity contribution is 5.69. The third kappa shape index (κ3) is 1.65. The molecule has 4 N–H and O–H groups in total. The Kier molecular flexibility index (Phi) is 1.94.